The topological polar surface area (TPSA) is 38.0 Å². The van der Waals surface area contributed by atoms with Gasteiger partial charge in [0.15, 0.2) is 5.16 Å². The van der Waals surface area contributed by atoms with Gasteiger partial charge in [-0.3, -0.25) is 0 Å². The molecule has 2 aromatic carbocycles. The number of hydrogen-bond donors (Lipinski definition) is 1. The molecule has 0 radical (unpaired) electrons. The van der Waals surface area contributed by atoms with Crippen molar-refractivity contribution in [2.24, 2.45) is 0 Å². The molecule has 1 aromatic heterocycles. The molecule has 124 valence electrons. The van der Waals surface area contributed by atoms with E-state index in [4.69, 9.17) is 16.6 Å². The number of nitrogens with zero attached hydrogens (tertiary/aromatic N) is 2. The molecule has 0 fully saturated rings. The standard InChI is InChI=1S/C19H19ClN2OS/c1-24-19-21-17(14-8-4-2-5-9-14)18(15-10-6-3-7-11-15)22(19)13-16(23)12-20/h2-11,16,23H,12-13H2,1H3. The monoisotopic (exact) mass is 358 g/mol. The molecule has 3 aromatic rings. The molecular formula is C19H19ClN2OS. The van der Waals surface area contributed by atoms with Crippen LogP contribution in [-0.4, -0.2) is 32.9 Å². The van der Waals surface area contributed by atoms with E-state index in [-0.39, 0.29) is 5.88 Å². The molecule has 3 nitrogen and oxygen atoms in total. The van der Waals surface area contributed by atoms with E-state index in [9.17, 15) is 5.11 Å². The minimum Gasteiger partial charge on any atom is -0.390 e. The number of aliphatic hydroxyl groups excluding tert-OH is 1. The Hall–Kier alpha value is -1.75. The van der Waals surface area contributed by atoms with Gasteiger partial charge in [-0.25, -0.2) is 4.98 Å². The molecule has 1 heterocycles. The van der Waals surface area contributed by atoms with Crippen LogP contribution in [0.1, 0.15) is 0 Å². The molecule has 3 rings (SSSR count). The van der Waals surface area contributed by atoms with Crippen molar-refractivity contribution in [2.75, 3.05) is 12.1 Å². The first-order valence-corrected chi connectivity index (χ1v) is 9.50. The van der Waals surface area contributed by atoms with Crippen LogP contribution in [0.4, 0.5) is 0 Å². The Morgan fingerprint density at radius 1 is 1.04 bits per heavy atom. The molecule has 1 atom stereocenters. The lowest BCUT2D eigenvalue weighted by molar-refractivity contribution is 0.174. The number of imidazole rings is 1. The number of aliphatic hydroxyl groups is 1. The lowest BCUT2D eigenvalue weighted by atomic mass is 10.0. The molecule has 0 amide bonds. The first-order valence-electron chi connectivity index (χ1n) is 7.74. The molecule has 0 aliphatic heterocycles. The Balaban J connectivity index is 2.22. The normalized spacial score (nSPS) is 12.3. The fourth-order valence-corrected chi connectivity index (χ4v) is 3.37. The third-order valence-corrected chi connectivity index (χ3v) is 4.81. The lowest BCUT2D eigenvalue weighted by Crippen LogP contribution is -2.18. The highest BCUT2D eigenvalue weighted by Gasteiger charge is 2.21. The molecular weight excluding hydrogens is 340 g/mol. The summed E-state index contributed by atoms with van der Waals surface area (Å²) >= 11 is 7.40. The van der Waals surface area contributed by atoms with E-state index in [1.54, 1.807) is 11.8 Å². The smallest absolute Gasteiger partial charge is 0.168 e. The minimum atomic E-state index is -0.613. The van der Waals surface area contributed by atoms with E-state index < -0.39 is 6.10 Å². The molecule has 0 saturated carbocycles. The second kappa shape index (κ2) is 7.88. The van der Waals surface area contributed by atoms with E-state index in [0.717, 1.165) is 27.7 Å². The first kappa shape index (κ1) is 17.1. The number of thioether (sulfide) groups is 1. The maximum Gasteiger partial charge on any atom is 0.168 e. The zero-order valence-electron chi connectivity index (χ0n) is 13.4. The highest BCUT2D eigenvalue weighted by molar-refractivity contribution is 7.98. The van der Waals surface area contributed by atoms with Crippen molar-refractivity contribution >= 4 is 23.4 Å². The summed E-state index contributed by atoms with van der Waals surface area (Å²) in [5, 5.41) is 11.0. The number of alkyl halides is 1. The van der Waals surface area contributed by atoms with Crippen LogP contribution >= 0.6 is 23.4 Å². The summed E-state index contributed by atoms with van der Waals surface area (Å²) in [4.78, 5) is 4.83. The highest BCUT2D eigenvalue weighted by Crippen LogP contribution is 2.35. The van der Waals surface area contributed by atoms with Gasteiger partial charge in [-0.15, -0.1) is 11.6 Å². The van der Waals surface area contributed by atoms with Crippen molar-refractivity contribution in [3.8, 4) is 22.5 Å². The third kappa shape index (κ3) is 3.51. The van der Waals surface area contributed by atoms with Crippen molar-refractivity contribution in [3.63, 3.8) is 0 Å². The van der Waals surface area contributed by atoms with Gasteiger partial charge < -0.3 is 9.67 Å². The lowest BCUT2D eigenvalue weighted by Gasteiger charge is -2.15. The summed E-state index contributed by atoms with van der Waals surface area (Å²) in [6, 6.07) is 20.3. The number of aromatic nitrogens is 2. The van der Waals surface area contributed by atoms with Gasteiger partial charge in [0.1, 0.15) is 0 Å². The summed E-state index contributed by atoms with van der Waals surface area (Å²) in [5.41, 5.74) is 4.07. The largest absolute Gasteiger partial charge is 0.390 e. The molecule has 5 heteroatoms. The summed E-state index contributed by atoms with van der Waals surface area (Å²) in [6.45, 7) is 0.420. The van der Waals surface area contributed by atoms with Gasteiger partial charge in [0.25, 0.3) is 0 Å². The quantitative estimate of drug-likeness (QED) is 0.519. The number of halogens is 1. The molecule has 0 spiro atoms. The first-order chi connectivity index (χ1) is 11.7. The predicted molar refractivity (Wildman–Crippen MR) is 102 cm³/mol. The van der Waals surface area contributed by atoms with Crippen LogP contribution in [0.15, 0.2) is 65.8 Å². The Kier molecular flexibility index (Phi) is 5.61. The van der Waals surface area contributed by atoms with E-state index in [1.807, 2.05) is 42.7 Å². The molecule has 1 unspecified atom stereocenters. The highest BCUT2D eigenvalue weighted by atomic mass is 35.5. The van der Waals surface area contributed by atoms with Gasteiger partial charge in [0.2, 0.25) is 0 Å². The van der Waals surface area contributed by atoms with Crippen LogP contribution in [0.25, 0.3) is 22.5 Å². The minimum absolute atomic E-state index is 0.195. The van der Waals surface area contributed by atoms with Gasteiger partial charge in [-0.1, -0.05) is 72.4 Å². The Labute approximate surface area is 151 Å². The fourth-order valence-electron chi connectivity index (χ4n) is 2.70. The maximum absolute atomic E-state index is 10.1. The van der Waals surface area contributed by atoms with E-state index in [1.165, 1.54) is 0 Å². The van der Waals surface area contributed by atoms with Crippen LogP contribution in [0.3, 0.4) is 0 Å². The maximum atomic E-state index is 10.1. The third-order valence-electron chi connectivity index (χ3n) is 3.78. The summed E-state index contributed by atoms with van der Waals surface area (Å²) in [6.07, 6.45) is 1.38. The second-order valence-electron chi connectivity index (χ2n) is 5.45. The summed E-state index contributed by atoms with van der Waals surface area (Å²) in [7, 11) is 0. The molecule has 0 saturated heterocycles. The zero-order valence-corrected chi connectivity index (χ0v) is 15.0. The Morgan fingerprint density at radius 2 is 1.62 bits per heavy atom. The second-order valence-corrected chi connectivity index (χ2v) is 6.53. The van der Waals surface area contributed by atoms with E-state index in [0.29, 0.717) is 6.54 Å². The van der Waals surface area contributed by atoms with Gasteiger partial charge >= 0.3 is 0 Å². The molecule has 0 aliphatic rings. The Morgan fingerprint density at radius 3 is 2.17 bits per heavy atom. The zero-order chi connectivity index (χ0) is 16.9. The molecule has 0 aliphatic carbocycles. The molecule has 1 N–H and O–H groups in total. The van der Waals surface area contributed by atoms with Crippen molar-refractivity contribution < 1.29 is 5.11 Å². The van der Waals surface area contributed by atoms with Crippen LogP contribution in [0, 0.1) is 0 Å². The average Bonchev–Trinajstić information content (AvgIpc) is 3.01. The summed E-state index contributed by atoms with van der Waals surface area (Å²) < 4.78 is 2.06. The number of hydrogen-bond acceptors (Lipinski definition) is 3. The molecule has 0 bridgehead atoms. The number of benzene rings is 2. The predicted octanol–water partition coefficient (Wildman–Crippen LogP) is 4.54. The Bertz CT molecular complexity index is 790. The van der Waals surface area contributed by atoms with Crippen LogP contribution in [0.2, 0.25) is 0 Å². The van der Waals surface area contributed by atoms with Crippen molar-refractivity contribution in [1.82, 2.24) is 9.55 Å². The SMILES string of the molecule is CSc1nc(-c2ccccc2)c(-c2ccccc2)n1CC(O)CCl. The van der Waals surface area contributed by atoms with Crippen molar-refractivity contribution in [1.29, 1.82) is 0 Å². The fraction of sp³-hybridized carbons (Fsp3) is 0.211. The van der Waals surface area contributed by atoms with Crippen LogP contribution in [-0.2, 0) is 6.54 Å². The van der Waals surface area contributed by atoms with Crippen LogP contribution in [0.5, 0.6) is 0 Å². The van der Waals surface area contributed by atoms with Gasteiger partial charge in [0.05, 0.1) is 29.9 Å². The van der Waals surface area contributed by atoms with Gasteiger partial charge in [-0.05, 0) is 6.26 Å². The van der Waals surface area contributed by atoms with E-state index >= 15 is 0 Å². The van der Waals surface area contributed by atoms with Crippen molar-refractivity contribution in [3.05, 3.63) is 60.7 Å². The average molecular weight is 359 g/mol. The molecule has 24 heavy (non-hydrogen) atoms. The van der Waals surface area contributed by atoms with Gasteiger partial charge in [0, 0.05) is 11.1 Å². The van der Waals surface area contributed by atoms with Gasteiger partial charge in [-0.2, -0.15) is 0 Å². The van der Waals surface area contributed by atoms with Crippen molar-refractivity contribution in [2.45, 2.75) is 17.8 Å². The van der Waals surface area contributed by atoms with Crippen LogP contribution < -0.4 is 0 Å². The number of rotatable bonds is 6. The van der Waals surface area contributed by atoms with E-state index in [2.05, 4.69) is 28.8 Å². The summed E-state index contributed by atoms with van der Waals surface area (Å²) in [5.74, 6) is 0.195.